The van der Waals surface area contributed by atoms with Crippen molar-refractivity contribution < 1.29 is 19.7 Å². The van der Waals surface area contributed by atoms with E-state index in [-0.39, 0.29) is 12.5 Å². The van der Waals surface area contributed by atoms with E-state index in [9.17, 15) is 5.11 Å². The van der Waals surface area contributed by atoms with Crippen LogP contribution in [0, 0.1) is 0 Å². The Balaban J connectivity index is 1.36. The molecule has 0 saturated carbocycles. The van der Waals surface area contributed by atoms with Crippen LogP contribution in [0.5, 0.6) is 11.5 Å². The molecule has 1 aliphatic rings. The molecule has 4 heteroatoms. The van der Waals surface area contributed by atoms with Crippen molar-refractivity contribution in [2.24, 2.45) is 0 Å². The Hall–Kier alpha value is -3.60. The number of aliphatic hydroxyl groups is 2. The molecular weight excluding hydrogens is 472 g/mol. The van der Waals surface area contributed by atoms with Gasteiger partial charge in [-0.1, -0.05) is 78.9 Å². The molecule has 0 bridgehead atoms. The van der Waals surface area contributed by atoms with Crippen LogP contribution in [0.25, 0.3) is 0 Å². The highest BCUT2D eigenvalue weighted by molar-refractivity contribution is 5.48. The zero-order valence-corrected chi connectivity index (χ0v) is 21.7. The van der Waals surface area contributed by atoms with Gasteiger partial charge in [-0.05, 0) is 77.3 Å². The summed E-state index contributed by atoms with van der Waals surface area (Å²) >= 11 is 0. The molecule has 0 aliphatic heterocycles. The van der Waals surface area contributed by atoms with Crippen LogP contribution in [-0.4, -0.2) is 29.5 Å². The molecule has 4 aromatic rings. The van der Waals surface area contributed by atoms with Crippen LogP contribution in [0.3, 0.4) is 0 Å². The van der Waals surface area contributed by atoms with Crippen LogP contribution >= 0.6 is 0 Å². The molecule has 2 N–H and O–H groups in total. The standard InChI is InChI=1S/C34H36O4/c35-21-19-29(36)20-22-37-30-14-11-27(12-15-30)34-32(26-9-5-2-6-10-26)17-13-28-23-31(16-18-33(28)34)38-24-25-7-3-1-4-8-25/h1-12,14-16,18,23,29,32,34-36H,13,17,19-22,24H2/t29?,32-,34+/m1/s1. The first-order valence-electron chi connectivity index (χ1n) is 13.6. The summed E-state index contributed by atoms with van der Waals surface area (Å²) < 4.78 is 12.0. The molecule has 1 unspecified atom stereocenters. The average molecular weight is 509 g/mol. The van der Waals surface area contributed by atoms with Crippen LogP contribution in [0.1, 0.15) is 58.9 Å². The lowest BCUT2D eigenvalue weighted by Crippen LogP contribution is -2.20. The quantitative estimate of drug-likeness (QED) is 0.238. The highest BCUT2D eigenvalue weighted by atomic mass is 16.5. The molecule has 5 rings (SSSR count). The van der Waals surface area contributed by atoms with Crippen LogP contribution in [-0.2, 0) is 13.0 Å². The summed E-state index contributed by atoms with van der Waals surface area (Å²) in [6.45, 7) is 0.974. The molecule has 0 heterocycles. The van der Waals surface area contributed by atoms with Crippen molar-refractivity contribution in [2.45, 2.75) is 50.2 Å². The summed E-state index contributed by atoms with van der Waals surface area (Å²) in [5.41, 5.74) is 6.51. The number of hydrogen-bond acceptors (Lipinski definition) is 4. The predicted molar refractivity (Wildman–Crippen MR) is 151 cm³/mol. The smallest absolute Gasteiger partial charge is 0.120 e. The van der Waals surface area contributed by atoms with E-state index in [1.54, 1.807) is 0 Å². The molecule has 0 saturated heterocycles. The van der Waals surface area contributed by atoms with Gasteiger partial charge in [0.1, 0.15) is 18.1 Å². The van der Waals surface area contributed by atoms with Gasteiger partial charge in [0, 0.05) is 18.9 Å². The maximum absolute atomic E-state index is 9.83. The predicted octanol–water partition coefficient (Wildman–Crippen LogP) is 6.64. The second-order valence-electron chi connectivity index (χ2n) is 10.0. The third kappa shape index (κ3) is 6.45. The molecule has 3 atom stereocenters. The monoisotopic (exact) mass is 508 g/mol. The van der Waals surface area contributed by atoms with Crippen molar-refractivity contribution >= 4 is 0 Å². The summed E-state index contributed by atoms with van der Waals surface area (Å²) in [5, 5.41) is 18.8. The van der Waals surface area contributed by atoms with E-state index in [1.807, 2.05) is 30.3 Å². The molecule has 0 radical (unpaired) electrons. The second-order valence-corrected chi connectivity index (χ2v) is 10.0. The fourth-order valence-corrected chi connectivity index (χ4v) is 5.48. The van der Waals surface area contributed by atoms with Gasteiger partial charge < -0.3 is 19.7 Å². The van der Waals surface area contributed by atoms with Crippen molar-refractivity contribution in [1.29, 1.82) is 0 Å². The first-order chi connectivity index (χ1) is 18.7. The van der Waals surface area contributed by atoms with Gasteiger partial charge in [-0.15, -0.1) is 0 Å². The fraction of sp³-hybridized carbons (Fsp3) is 0.294. The highest BCUT2D eigenvalue weighted by Crippen LogP contribution is 2.47. The SMILES string of the molecule is OCCC(O)CCOc1ccc([C@@H]2c3ccc(OCc4ccccc4)cc3CC[C@@H]2c2ccccc2)cc1. The highest BCUT2D eigenvalue weighted by Gasteiger charge is 2.32. The second kappa shape index (κ2) is 12.8. The van der Waals surface area contributed by atoms with Crippen molar-refractivity contribution in [3.05, 3.63) is 131 Å². The first-order valence-corrected chi connectivity index (χ1v) is 13.6. The maximum Gasteiger partial charge on any atom is 0.120 e. The van der Waals surface area contributed by atoms with Crippen LogP contribution in [0.15, 0.2) is 103 Å². The zero-order chi connectivity index (χ0) is 26.2. The number of rotatable bonds is 11. The molecule has 38 heavy (non-hydrogen) atoms. The van der Waals surface area contributed by atoms with E-state index in [0.29, 0.717) is 32.0 Å². The molecular formula is C34H36O4. The average Bonchev–Trinajstić information content (AvgIpc) is 2.97. The Kier molecular flexibility index (Phi) is 8.75. The van der Waals surface area contributed by atoms with Gasteiger partial charge in [-0.3, -0.25) is 0 Å². The molecule has 4 aromatic carbocycles. The van der Waals surface area contributed by atoms with E-state index in [1.165, 1.54) is 22.3 Å². The van der Waals surface area contributed by atoms with E-state index in [0.717, 1.165) is 29.9 Å². The van der Waals surface area contributed by atoms with Crippen molar-refractivity contribution in [3.63, 3.8) is 0 Å². The third-order valence-corrected chi connectivity index (χ3v) is 7.47. The molecule has 4 nitrogen and oxygen atoms in total. The fourth-order valence-electron chi connectivity index (χ4n) is 5.48. The molecule has 0 aromatic heterocycles. The van der Waals surface area contributed by atoms with Crippen molar-refractivity contribution in [3.8, 4) is 11.5 Å². The topological polar surface area (TPSA) is 58.9 Å². The molecule has 0 spiro atoms. The van der Waals surface area contributed by atoms with Gasteiger partial charge in [-0.2, -0.15) is 0 Å². The molecule has 0 amide bonds. The van der Waals surface area contributed by atoms with E-state index in [2.05, 4.69) is 72.8 Å². The first kappa shape index (κ1) is 26.0. The van der Waals surface area contributed by atoms with Gasteiger partial charge >= 0.3 is 0 Å². The third-order valence-electron chi connectivity index (χ3n) is 7.47. The zero-order valence-electron chi connectivity index (χ0n) is 21.7. The van der Waals surface area contributed by atoms with Gasteiger partial charge in [0.05, 0.1) is 12.7 Å². The largest absolute Gasteiger partial charge is 0.493 e. The van der Waals surface area contributed by atoms with E-state index in [4.69, 9.17) is 14.6 Å². The van der Waals surface area contributed by atoms with Gasteiger partial charge in [-0.25, -0.2) is 0 Å². The van der Waals surface area contributed by atoms with E-state index < -0.39 is 6.10 Å². The summed E-state index contributed by atoms with van der Waals surface area (Å²) in [4.78, 5) is 0. The Morgan fingerprint density at radius 1 is 0.737 bits per heavy atom. The van der Waals surface area contributed by atoms with Gasteiger partial charge in [0.15, 0.2) is 0 Å². The number of hydrogen-bond donors (Lipinski definition) is 2. The van der Waals surface area contributed by atoms with Crippen LogP contribution in [0.2, 0.25) is 0 Å². The van der Waals surface area contributed by atoms with Crippen molar-refractivity contribution in [1.82, 2.24) is 0 Å². The number of aliphatic hydroxyl groups excluding tert-OH is 2. The summed E-state index contributed by atoms with van der Waals surface area (Å²) in [6.07, 6.45) is 2.44. The lowest BCUT2D eigenvalue weighted by atomic mass is 9.69. The molecule has 196 valence electrons. The minimum Gasteiger partial charge on any atom is -0.493 e. The van der Waals surface area contributed by atoms with Crippen LogP contribution < -0.4 is 9.47 Å². The summed E-state index contributed by atoms with van der Waals surface area (Å²) in [5.74, 6) is 2.34. The molecule has 0 fully saturated rings. The van der Waals surface area contributed by atoms with E-state index >= 15 is 0 Å². The lowest BCUT2D eigenvalue weighted by Gasteiger charge is -2.35. The van der Waals surface area contributed by atoms with Crippen molar-refractivity contribution in [2.75, 3.05) is 13.2 Å². The Morgan fingerprint density at radius 2 is 1.45 bits per heavy atom. The maximum atomic E-state index is 9.83. The number of ether oxygens (including phenoxy) is 2. The van der Waals surface area contributed by atoms with Gasteiger partial charge in [0.2, 0.25) is 0 Å². The number of benzene rings is 4. The molecule has 1 aliphatic carbocycles. The Morgan fingerprint density at radius 3 is 2.18 bits per heavy atom. The number of aryl methyl sites for hydroxylation is 1. The minimum absolute atomic E-state index is 0.0120. The summed E-state index contributed by atoms with van der Waals surface area (Å²) in [7, 11) is 0. The minimum atomic E-state index is -0.536. The van der Waals surface area contributed by atoms with Gasteiger partial charge in [0.25, 0.3) is 0 Å². The Labute approximate surface area is 225 Å². The van der Waals surface area contributed by atoms with Crippen LogP contribution in [0.4, 0.5) is 0 Å². The Bertz CT molecular complexity index is 1270. The lowest BCUT2D eigenvalue weighted by molar-refractivity contribution is 0.108. The summed E-state index contributed by atoms with van der Waals surface area (Å²) in [6, 6.07) is 36.1. The normalized spacial score (nSPS) is 17.4. The number of fused-ring (bicyclic) bond motifs is 1.